The predicted molar refractivity (Wildman–Crippen MR) is 103 cm³/mol. The molecule has 1 aliphatic rings. The van der Waals surface area contributed by atoms with Gasteiger partial charge in [0.25, 0.3) is 5.91 Å². The Morgan fingerprint density at radius 3 is 2.68 bits per heavy atom. The number of amides is 2. The summed E-state index contributed by atoms with van der Waals surface area (Å²) in [6.07, 6.45) is 1.42. The highest BCUT2D eigenvalue weighted by molar-refractivity contribution is 6.00. The zero-order chi connectivity index (χ0) is 20.3. The van der Waals surface area contributed by atoms with Gasteiger partial charge in [0.05, 0.1) is 37.7 Å². The Morgan fingerprint density at radius 1 is 1.25 bits per heavy atom. The Morgan fingerprint density at radius 2 is 2.04 bits per heavy atom. The molecular weight excluding hydrogens is 360 g/mol. The number of ether oxygens (including phenoxy) is 2. The fourth-order valence-corrected chi connectivity index (χ4v) is 3.54. The molecule has 0 radical (unpaired) electrons. The summed E-state index contributed by atoms with van der Waals surface area (Å²) in [6, 6.07) is 6.49. The van der Waals surface area contributed by atoms with Crippen LogP contribution in [0.3, 0.4) is 0 Å². The molecule has 3 rings (SSSR count). The summed E-state index contributed by atoms with van der Waals surface area (Å²) < 4.78 is 12.3. The second kappa shape index (κ2) is 8.33. The minimum atomic E-state index is -0.492. The zero-order valence-corrected chi connectivity index (χ0v) is 16.7. The van der Waals surface area contributed by atoms with E-state index in [9.17, 15) is 9.59 Å². The maximum Gasteiger partial charge on any atom is 0.258 e. The van der Waals surface area contributed by atoms with Crippen LogP contribution in [0.15, 0.2) is 24.3 Å². The van der Waals surface area contributed by atoms with E-state index in [1.807, 2.05) is 20.0 Å². The highest BCUT2D eigenvalue weighted by Gasteiger charge is 2.35. The van der Waals surface area contributed by atoms with Gasteiger partial charge >= 0.3 is 0 Å². The van der Waals surface area contributed by atoms with Crippen molar-refractivity contribution in [2.45, 2.75) is 32.4 Å². The van der Waals surface area contributed by atoms with Crippen LogP contribution < -0.4 is 14.8 Å². The standard InChI is InChI=1S/C20H26N4O4/c1-13-10-14(23(2)22-13)12-21-19(25)17-6-5-9-24(17)20(26)16-8-7-15(27-3)11-18(16)28-4/h7-8,10-11,17H,5-6,9,12H2,1-4H3,(H,21,25). The molecule has 0 aliphatic carbocycles. The van der Waals surface area contributed by atoms with Gasteiger partial charge in [0.2, 0.25) is 5.91 Å². The minimum Gasteiger partial charge on any atom is -0.497 e. The van der Waals surface area contributed by atoms with Crippen LogP contribution in [0.25, 0.3) is 0 Å². The maximum atomic E-state index is 13.1. The van der Waals surface area contributed by atoms with Crippen LogP contribution >= 0.6 is 0 Å². The van der Waals surface area contributed by atoms with E-state index in [1.54, 1.807) is 34.9 Å². The molecule has 1 atom stereocenters. The minimum absolute atomic E-state index is 0.155. The molecule has 28 heavy (non-hydrogen) atoms. The summed E-state index contributed by atoms with van der Waals surface area (Å²) in [5, 5.41) is 7.21. The summed E-state index contributed by atoms with van der Waals surface area (Å²) >= 11 is 0. The van der Waals surface area contributed by atoms with Crippen molar-refractivity contribution in [3.05, 3.63) is 41.2 Å². The van der Waals surface area contributed by atoms with Crippen molar-refractivity contribution in [3.8, 4) is 11.5 Å². The molecule has 1 aromatic heterocycles. The lowest BCUT2D eigenvalue weighted by Gasteiger charge is -2.25. The lowest BCUT2D eigenvalue weighted by atomic mass is 10.1. The van der Waals surface area contributed by atoms with Gasteiger partial charge in [-0.3, -0.25) is 14.3 Å². The van der Waals surface area contributed by atoms with Crippen molar-refractivity contribution in [2.24, 2.45) is 7.05 Å². The Labute approximate surface area is 164 Å². The van der Waals surface area contributed by atoms with Crippen LogP contribution in [0.1, 0.15) is 34.6 Å². The fourth-order valence-electron chi connectivity index (χ4n) is 3.54. The van der Waals surface area contributed by atoms with Crippen molar-refractivity contribution in [1.82, 2.24) is 20.0 Å². The highest BCUT2D eigenvalue weighted by Crippen LogP contribution is 2.28. The number of hydrogen-bond donors (Lipinski definition) is 1. The fraction of sp³-hybridized carbons (Fsp3) is 0.450. The van der Waals surface area contributed by atoms with Gasteiger partial charge in [-0.05, 0) is 38.0 Å². The summed E-state index contributed by atoms with van der Waals surface area (Å²) in [5.41, 5.74) is 2.24. The van der Waals surface area contributed by atoms with E-state index in [4.69, 9.17) is 9.47 Å². The normalized spacial score (nSPS) is 16.1. The molecule has 1 unspecified atom stereocenters. The molecular formula is C20H26N4O4. The topological polar surface area (TPSA) is 85.7 Å². The first-order valence-electron chi connectivity index (χ1n) is 9.24. The molecule has 0 saturated carbocycles. The Bertz CT molecular complexity index is 877. The highest BCUT2D eigenvalue weighted by atomic mass is 16.5. The number of carbonyl (C=O) groups excluding carboxylic acids is 2. The second-order valence-electron chi connectivity index (χ2n) is 6.84. The van der Waals surface area contributed by atoms with Crippen molar-refractivity contribution in [1.29, 1.82) is 0 Å². The Balaban J connectivity index is 1.72. The van der Waals surface area contributed by atoms with Gasteiger partial charge in [-0.15, -0.1) is 0 Å². The molecule has 1 saturated heterocycles. The number of aryl methyl sites for hydroxylation is 2. The first-order chi connectivity index (χ1) is 13.4. The molecule has 2 amide bonds. The zero-order valence-electron chi connectivity index (χ0n) is 16.7. The number of methoxy groups -OCH3 is 2. The SMILES string of the molecule is COc1ccc(C(=O)N2CCCC2C(=O)NCc2cc(C)nn2C)c(OC)c1. The number of nitrogens with one attached hydrogen (secondary N) is 1. The molecule has 1 aromatic carbocycles. The monoisotopic (exact) mass is 386 g/mol. The van der Waals surface area contributed by atoms with Crippen molar-refractivity contribution in [2.75, 3.05) is 20.8 Å². The number of carbonyl (C=O) groups is 2. The quantitative estimate of drug-likeness (QED) is 0.816. The van der Waals surface area contributed by atoms with E-state index in [0.29, 0.717) is 36.6 Å². The number of nitrogens with zero attached hydrogens (tertiary/aromatic N) is 3. The Hall–Kier alpha value is -3.03. The van der Waals surface area contributed by atoms with E-state index in [-0.39, 0.29) is 11.8 Å². The third-order valence-corrected chi connectivity index (χ3v) is 5.00. The van der Waals surface area contributed by atoms with Gasteiger partial charge in [-0.25, -0.2) is 0 Å². The molecule has 2 heterocycles. The summed E-state index contributed by atoms with van der Waals surface area (Å²) in [7, 11) is 4.91. The lowest BCUT2D eigenvalue weighted by Crippen LogP contribution is -2.45. The third-order valence-electron chi connectivity index (χ3n) is 5.00. The second-order valence-corrected chi connectivity index (χ2v) is 6.84. The number of rotatable bonds is 6. The van der Waals surface area contributed by atoms with Crippen LogP contribution in [0, 0.1) is 6.92 Å². The molecule has 2 aromatic rings. The van der Waals surface area contributed by atoms with Crippen LogP contribution in [0.2, 0.25) is 0 Å². The Kier molecular flexibility index (Phi) is 5.87. The predicted octanol–water partition coefficient (Wildman–Crippen LogP) is 1.67. The van der Waals surface area contributed by atoms with E-state index >= 15 is 0 Å². The molecule has 1 aliphatic heterocycles. The third kappa shape index (κ3) is 3.95. The smallest absolute Gasteiger partial charge is 0.258 e. The van der Waals surface area contributed by atoms with Crippen molar-refractivity contribution in [3.63, 3.8) is 0 Å². The summed E-state index contributed by atoms with van der Waals surface area (Å²) in [6.45, 7) is 2.82. The van der Waals surface area contributed by atoms with Gasteiger partial charge in [-0.1, -0.05) is 0 Å². The first kappa shape index (κ1) is 19.7. The van der Waals surface area contributed by atoms with Crippen LogP contribution in [-0.4, -0.2) is 53.3 Å². The molecule has 1 fully saturated rings. The van der Waals surface area contributed by atoms with E-state index in [2.05, 4.69) is 10.4 Å². The summed E-state index contributed by atoms with van der Waals surface area (Å²) in [4.78, 5) is 27.5. The molecule has 8 heteroatoms. The number of benzene rings is 1. The average Bonchev–Trinajstić information content (AvgIpc) is 3.31. The number of aromatic nitrogens is 2. The largest absolute Gasteiger partial charge is 0.497 e. The average molecular weight is 386 g/mol. The van der Waals surface area contributed by atoms with Crippen molar-refractivity contribution >= 4 is 11.8 Å². The molecule has 8 nitrogen and oxygen atoms in total. The van der Waals surface area contributed by atoms with Gasteiger partial charge in [0.15, 0.2) is 0 Å². The van der Waals surface area contributed by atoms with Gasteiger partial charge in [0, 0.05) is 19.7 Å². The molecule has 0 spiro atoms. The summed E-state index contributed by atoms with van der Waals surface area (Å²) in [5.74, 6) is 0.669. The van der Waals surface area contributed by atoms with Gasteiger partial charge in [0.1, 0.15) is 17.5 Å². The van der Waals surface area contributed by atoms with E-state index < -0.39 is 6.04 Å². The first-order valence-corrected chi connectivity index (χ1v) is 9.24. The van der Waals surface area contributed by atoms with Crippen LogP contribution in [0.5, 0.6) is 11.5 Å². The van der Waals surface area contributed by atoms with E-state index in [0.717, 1.165) is 17.8 Å². The van der Waals surface area contributed by atoms with E-state index in [1.165, 1.54) is 7.11 Å². The molecule has 0 bridgehead atoms. The van der Waals surface area contributed by atoms with Crippen LogP contribution in [-0.2, 0) is 18.4 Å². The number of likely N-dealkylation sites (tertiary alicyclic amines) is 1. The maximum absolute atomic E-state index is 13.1. The van der Waals surface area contributed by atoms with Crippen molar-refractivity contribution < 1.29 is 19.1 Å². The van der Waals surface area contributed by atoms with Gasteiger partial charge in [-0.2, -0.15) is 5.10 Å². The lowest BCUT2D eigenvalue weighted by molar-refractivity contribution is -0.125. The molecule has 1 N–H and O–H groups in total. The number of hydrogen-bond acceptors (Lipinski definition) is 5. The molecule has 150 valence electrons. The van der Waals surface area contributed by atoms with Crippen LogP contribution in [0.4, 0.5) is 0 Å². The van der Waals surface area contributed by atoms with Gasteiger partial charge < -0.3 is 19.7 Å².